The summed E-state index contributed by atoms with van der Waals surface area (Å²) in [7, 11) is 1.74. The van der Waals surface area contributed by atoms with Crippen molar-refractivity contribution in [2.75, 3.05) is 26.7 Å². The quantitative estimate of drug-likeness (QED) is 0.910. The van der Waals surface area contributed by atoms with E-state index in [4.69, 9.17) is 4.74 Å². The van der Waals surface area contributed by atoms with Gasteiger partial charge in [-0.1, -0.05) is 29.8 Å². The highest BCUT2D eigenvalue weighted by molar-refractivity contribution is 9.10. The molecular formula is C16H25BrN2O. The van der Waals surface area contributed by atoms with Crippen molar-refractivity contribution in [1.29, 1.82) is 0 Å². The van der Waals surface area contributed by atoms with E-state index in [2.05, 4.69) is 46.1 Å². The molecule has 1 aliphatic rings. The van der Waals surface area contributed by atoms with Gasteiger partial charge in [-0.2, -0.15) is 0 Å². The van der Waals surface area contributed by atoms with Gasteiger partial charge in [0.15, 0.2) is 0 Å². The molecule has 0 aromatic heterocycles. The molecule has 1 atom stereocenters. The van der Waals surface area contributed by atoms with E-state index in [-0.39, 0.29) is 0 Å². The first-order valence-electron chi connectivity index (χ1n) is 7.38. The third-order valence-electron chi connectivity index (χ3n) is 3.95. The molecule has 1 saturated heterocycles. The Labute approximate surface area is 130 Å². The number of hydrogen-bond donors (Lipinski definition) is 1. The number of ether oxygens (including phenoxy) is 1. The lowest BCUT2D eigenvalue weighted by molar-refractivity contribution is 0.235. The van der Waals surface area contributed by atoms with Crippen LogP contribution in [0.2, 0.25) is 0 Å². The largest absolute Gasteiger partial charge is 0.496 e. The number of halogens is 1. The smallest absolute Gasteiger partial charge is 0.123 e. The highest BCUT2D eigenvalue weighted by Gasteiger charge is 2.21. The summed E-state index contributed by atoms with van der Waals surface area (Å²) < 4.78 is 6.60. The maximum atomic E-state index is 5.48. The first-order chi connectivity index (χ1) is 9.60. The minimum Gasteiger partial charge on any atom is -0.496 e. The van der Waals surface area contributed by atoms with Gasteiger partial charge in [-0.25, -0.2) is 0 Å². The molecular weight excluding hydrogens is 316 g/mol. The average Bonchev–Trinajstić information content (AvgIpc) is 2.65. The first kappa shape index (κ1) is 15.8. The molecule has 0 radical (unpaired) electrons. The lowest BCUT2D eigenvalue weighted by Crippen LogP contribution is -2.41. The summed E-state index contributed by atoms with van der Waals surface area (Å²) in [5.41, 5.74) is 1.26. The highest BCUT2D eigenvalue weighted by atomic mass is 79.9. The summed E-state index contributed by atoms with van der Waals surface area (Å²) in [5.74, 6) is 1.64. The van der Waals surface area contributed by atoms with E-state index in [1.54, 1.807) is 7.11 Å². The molecule has 1 aromatic carbocycles. The third-order valence-corrected chi connectivity index (χ3v) is 4.45. The van der Waals surface area contributed by atoms with E-state index < -0.39 is 0 Å². The Kier molecular flexibility index (Phi) is 5.87. The van der Waals surface area contributed by atoms with E-state index in [9.17, 15) is 0 Å². The van der Waals surface area contributed by atoms with Gasteiger partial charge in [-0.3, -0.25) is 4.90 Å². The molecule has 1 unspecified atom stereocenters. The monoisotopic (exact) mass is 340 g/mol. The summed E-state index contributed by atoms with van der Waals surface area (Å²) in [4.78, 5) is 2.54. The van der Waals surface area contributed by atoms with Gasteiger partial charge >= 0.3 is 0 Å². The fraction of sp³-hybridized carbons (Fsp3) is 0.625. The van der Waals surface area contributed by atoms with Crippen LogP contribution in [0.4, 0.5) is 0 Å². The molecule has 1 N–H and O–H groups in total. The Morgan fingerprint density at radius 3 is 2.95 bits per heavy atom. The van der Waals surface area contributed by atoms with Crippen molar-refractivity contribution in [3.63, 3.8) is 0 Å². The van der Waals surface area contributed by atoms with Crippen molar-refractivity contribution in [1.82, 2.24) is 10.2 Å². The van der Waals surface area contributed by atoms with Gasteiger partial charge in [0.25, 0.3) is 0 Å². The van der Waals surface area contributed by atoms with Crippen molar-refractivity contribution in [3.8, 4) is 5.75 Å². The van der Waals surface area contributed by atoms with E-state index in [1.165, 1.54) is 12.0 Å². The first-order valence-corrected chi connectivity index (χ1v) is 8.17. The van der Waals surface area contributed by atoms with Gasteiger partial charge in [0.05, 0.1) is 7.11 Å². The van der Waals surface area contributed by atoms with Crippen LogP contribution in [-0.2, 0) is 6.54 Å². The van der Waals surface area contributed by atoms with Crippen molar-refractivity contribution in [2.45, 2.75) is 32.9 Å². The van der Waals surface area contributed by atoms with Crippen molar-refractivity contribution in [2.24, 2.45) is 5.92 Å². The normalized spacial score (nSPS) is 20.9. The zero-order valence-electron chi connectivity index (χ0n) is 12.7. The van der Waals surface area contributed by atoms with Gasteiger partial charge in [0.1, 0.15) is 5.75 Å². The molecule has 0 spiro atoms. The molecule has 1 aliphatic heterocycles. The zero-order valence-corrected chi connectivity index (χ0v) is 14.2. The Bertz CT molecular complexity index is 436. The number of nitrogens with one attached hydrogen (secondary N) is 1. The van der Waals surface area contributed by atoms with Crippen LogP contribution in [0.25, 0.3) is 0 Å². The predicted octanol–water partition coefficient (Wildman–Crippen LogP) is 3.28. The third kappa shape index (κ3) is 4.21. The number of rotatable bonds is 4. The van der Waals surface area contributed by atoms with E-state index in [0.717, 1.165) is 36.4 Å². The van der Waals surface area contributed by atoms with E-state index in [0.29, 0.717) is 12.0 Å². The second-order valence-corrected chi connectivity index (χ2v) is 6.77. The summed E-state index contributed by atoms with van der Waals surface area (Å²) in [6.07, 6.45) is 1.21. The number of methoxy groups -OCH3 is 1. The van der Waals surface area contributed by atoms with Crippen LogP contribution in [0.1, 0.15) is 25.8 Å². The van der Waals surface area contributed by atoms with E-state index >= 15 is 0 Å². The van der Waals surface area contributed by atoms with Crippen LogP contribution in [0.15, 0.2) is 22.7 Å². The number of benzene rings is 1. The second kappa shape index (κ2) is 7.43. The van der Waals surface area contributed by atoms with Crippen LogP contribution in [0.5, 0.6) is 5.75 Å². The molecule has 112 valence electrons. The van der Waals surface area contributed by atoms with Crippen LogP contribution in [0, 0.1) is 5.92 Å². The standard InChI is InChI=1S/C16H25BrN2O/c1-12(2)15-11-19(8-4-7-18-15)10-13-9-14(17)5-6-16(13)20-3/h5-6,9,12,15,18H,4,7-8,10-11H2,1-3H3. The zero-order chi connectivity index (χ0) is 14.5. The Morgan fingerprint density at radius 2 is 2.25 bits per heavy atom. The number of nitrogens with zero attached hydrogens (tertiary/aromatic N) is 1. The number of hydrogen-bond acceptors (Lipinski definition) is 3. The van der Waals surface area contributed by atoms with Crippen molar-refractivity contribution >= 4 is 15.9 Å². The fourth-order valence-electron chi connectivity index (χ4n) is 2.73. The second-order valence-electron chi connectivity index (χ2n) is 5.85. The molecule has 0 saturated carbocycles. The highest BCUT2D eigenvalue weighted by Crippen LogP contribution is 2.25. The molecule has 1 aromatic rings. The maximum Gasteiger partial charge on any atom is 0.123 e. The Hall–Kier alpha value is -0.580. The molecule has 1 heterocycles. The molecule has 20 heavy (non-hydrogen) atoms. The minimum absolute atomic E-state index is 0.579. The molecule has 3 nitrogen and oxygen atoms in total. The van der Waals surface area contributed by atoms with Gasteiger partial charge < -0.3 is 10.1 Å². The maximum absolute atomic E-state index is 5.48. The van der Waals surface area contributed by atoms with E-state index in [1.807, 2.05) is 12.1 Å². The fourth-order valence-corrected chi connectivity index (χ4v) is 3.13. The SMILES string of the molecule is COc1ccc(Br)cc1CN1CCCNC(C(C)C)C1. The lowest BCUT2D eigenvalue weighted by Gasteiger charge is -2.27. The summed E-state index contributed by atoms with van der Waals surface area (Å²) in [5, 5.41) is 3.65. The average molecular weight is 341 g/mol. The van der Waals surface area contributed by atoms with Gasteiger partial charge in [0.2, 0.25) is 0 Å². The molecule has 0 aliphatic carbocycles. The lowest BCUT2D eigenvalue weighted by atomic mass is 10.0. The summed E-state index contributed by atoms with van der Waals surface area (Å²) >= 11 is 3.55. The van der Waals surface area contributed by atoms with Gasteiger partial charge in [-0.15, -0.1) is 0 Å². The minimum atomic E-state index is 0.579. The van der Waals surface area contributed by atoms with Crippen LogP contribution in [-0.4, -0.2) is 37.7 Å². The van der Waals surface area contributed by atoms with Crippen molar-refractivity contribution in [3.05, 3.63) is 28.2 Å². The van der Waals surface area contributed by atoms with Gasteiger partial charge in [-0.05, 0) is 43.6 Å². The van der Waals surface area contributed by atoms with Gasteiger partial charge in [0, 0.05) is 29.2 Å². The van der Waals surface area contributed by atoms with Crippen LogP contribution < -0.4 is 10.1 Å². The molecule has 4 heteroatoms. The van der Waals surface area contributed by atoms with Crippen LogP contribution in [0.3, 0.4) is 0 Å². The Balaban J connectivity index is 2.09. The van der Waals surface area contributed by atoms with Crippen molar-refractivity contribution < 1.29 is 4.74 Å². The molecule has 1 fully saturated rings. The molecule has 2 rings (SSSR count). The summed E-state index contributed by atoms with van der Waals surface area (Å²) in [6, 6.07) is 6.82. The summed E-state index contributed by atoms with van der Waals surface area (Å²) in [6.45, 7) is 8.91. The predicted molar refractivity (Wildman–Crippen MR) is 87.2 cm³/mol. The Morgan fingerprint density at radius 1 is 1.45 bits per heavy atom. The molecule has 0 amide bonds. The molecule has 0 bridgehead atoms. The topological polar surface area (TPSA) is 24.5 Å². The van der Waals surface area contributed by atoms with Crippen LogP contribution >= 0.6 is 15.9 Å².